The van der Waals surface area contributed by atoms with E-state index in [-0.39, 0.29) is 6.03 Å². The van der Waals surface area contributed by atoms with Crippen molar-refractivity contribution in [2.24, 2.45) is 0 Å². The molecule has 7 heteroatoms. The van der Waals surface area contributed by atoms with E-state index in [0.717, 1.165) is 47.0 Å². The van der Waals surface area contributed by atoms with Crippen LogP contribution >= 0.6 is 0 Å². The number of amides is 2. The standard InChI is InChI=1S/C23H25N5O2/c1-16-6-7-20(17(2)14-16)25-23(29)24-19-5-3-4-18(15-19)21-8-9-22(27-26-21)28-10-12-30-13-11-28/h3-9,14-15H,10-13H2,1-2H3,(H2,24,25,29). The fourth-order valence-corrected chi connectivity index (χ4v) is 3.44. The number of nitrogens with one attached hydrogen (secondary N) is 2. The molecule has 0 aliphatic carbocycles. The molecule has 1 aromatic heterocycles. The van der Waals surface area contributed by atoms with Gasteiger partial charge < -0.3 is 20.3 Å². The topological polar surface area (TPSA) is 79.4 Å². The predicted molar refractivity (Wildman–Crippen MR) is 119 cm³/mol. The van der Waals surface area contributed by atoms with Crippen LogP contribution in [0.15, 0.2) is 54.6 Å². The first-order valence-corrected chi connectivity index (χ1v) is 10.0. The third-order valence-electron chi connectivity index (χ3n) is 5.03. The number of benzene rings is 2. The second-order valence-corrected chi connectivity index (χ2v) is 7.35. The van der Waals surface area contributed by atoms with Gasteiger partial charge in [-0.2, -0.15) is 0 Å². The molecule has 154 valence electrons. The Morgan fingerprint density at radius 2 is 1.80 bits per heavy atom. The maximum absolute atomic E-state index is 12.4. The fraction of sp³-hybridized carbons (Fsp3) is 0.261. The van der Waals surface area contributed by atoms with Crippen molar-refractivity contribution in [2.45, 2.75) is 13.8 Å². The minimum atomic E-state index is -0.284. The van der Waals surface area contributed by atoms with Gasteiger partial charge in [0, 0.05) is 30.0 Å². The van der Waals surface area contributed by atoms with E-state index >= 15 is 0 Å². The Balaban J connectivity index is 1.43. The highest BCUT2D eigenvalue weighted by Crippen LogP contribution is 2.23. The molecule has 1 fully saturated rings. The van der Waals surface area contributed by atoms with Gasteiger partial charge >= 0.3 is 6.03 Å². The molecule has 0 atom stereocenters. The monoisotopic (exact) mass is 403 g/mol. The molecule has 30 heavy (non-hydrogen) atoms. The zero-order valence-corrected chi connectivity index (χ0v) is 17.2. The van der Waals surface area contributed by atoms with Crippen LogP contribution < -0.4 is 15.5 Å². The van der Waals surface area contributed by atoms with Crippen LogP contribution in [0.2, 0.25) is 0 Å². The van der Waals surface area contributed by atoms with Crippen LogP contribution in [0.25, 0.3) is 11.3 Å². The zero-order chi connectivity index (χ0) is 20.9. The number of hydrogen-bond acceptors (Lipinski definition) is 5. The van der Waals surface area contributed by atoms with Gasteiger partial charge in [0.05, 0.1) is 18.9 Å². The largest absolute Gasteiger partial charge is 0.378 e. The summed E-state index contributed by atoms with van der Waals surface area (Å²) in [6.45, 7) is 7.07. The normalized spacial score (nSPS) is 13.7. The minimum Gasteiger partial charge on any atom is -0.378 e. The number of hydrogen-bond donors (Lipinski definition) is 2. The minimum absolute atomic E-state index is 0.284. The summed E-state index contributed by atoms with van der Waals surface area (Å²) in [5.74, 6) is 0.851. The van der Waals surface area contributed by atoms with E-state index in [2.05, 4.69) is 25.7 Å². The molecule has 7 nitrogen and oxygen atoms in total. The summed E-state index contributed by atoms with van der Waals surface area (Å²) in [7, 11) is 0. The molecule has 1 aliphatic rings. The summed E-state index contributed by atoms with van der Waals surface area (Å²) >= 11 is 0. The molecule has 1 saturated heterocycles. The predicted octanol–water partition coefficient (Wildman–Crippen LogP) is 4.24. The zero-order valence-electron chi connectivity index (χ0n) is 17.2. The third kappa shape index (κ3) is 4.75. The number of ether oxygens (including phenoxy) is 1. The second-order valence-electron chi connectivity index (χ2n) is 7.35. The molecule has 0 saturated carbocycles. The van der Waals surface area contributed by atoms with E-state index in [1.807, 2.05) is 68.4 Å². The molecule has 0 spiro atoms. The summed E-state index contributed by atoms with van der Waals surface area (Å²) in [5, 5.41) is 14.5. The van der Waals surface area contributed by atoms with Crippen molar-refractivity contribution >= 4 is 23.2 Å². The first-order valence-electron chi connectivity index (χ1n) is 10.0. The third-order valence-corrected chi connectivity index (χ3v) is 5.03. The number of aryl methyl sites for hydroxylation is 2. The molecule has 0 unspecified atom stereocenters. The molecular formula is C23H25N5O2. The van der Waals surface area contributed by atoms with Crippen LogP contribution in [0.4, 0.5) is 22.0 Å². The Morgan fingerprint density at radius 1 is 0.967 bits per heavy atom. The van der Waals surface area contributed by atoms with Gasteiger partial charge in [0.15, 0.2) is 5.82 Å². The van der Waals surface area contributed by atoms with Gasteiger partial charge in [0.2, 0.25) is 0 Å². The van der Waals surface area contributed by atoms with Crippen LogP contribution in [0.1, 0.15) is 11.1 Å². The first-order chi connectivity index (χ1) is 14.6. The Kier molecular flexibility index (Phi) is 5.90. The van der Waals surface area contributed by atoms with Gasteiger partial charge in [-0.05, 0) is 49.7 Å². The van der Waals surface area contributed by atoms with Gasteiger partial charge in [-0.25, -0.2) is 4.79 Å². The average Bonchev–Trinajstić information content (AvgIpc) is 2.77. The number of morpholine rings is 1. The summed E-state index contributed by atoms with van der Waals surface area (Å²) in [6, 6.07) is 17.1. The second kappa shape index (κ2) is 8.92. The van der Waals surface area contributed by atoms with Gasteiger partial charge in [-0.3, -0.25) is 0 Å². The molecule has 2 heterocycles. The first kappa shape index (κ1) is 19.8. The van der Waals surface area contributed by atoms with Crippen molar-refractivity contribution in [3.8, 4) is 11.3 Å². The maximum Gasteiger partial charge on any atom is 0.323 e. The lowest BCUT2D eigenvalue weighted by Crippen LogP contribution is -2.36. The summed E-state index contributed by atoms with van der Waals surface area (Å²) in [5.41, 5.74) is 5.31. The molecule has 3 aromatic rings. The number of carbonyl (C=O) groups excluding carboxylic acids is 1. The average molecular weight is 403 g/mol. The molecule has 1 aliphatic heterocycles. The van der Waals surface area contributed by atoms with E-state index in [1.165, 1.54) is 0 Å². The number of aromatic nitrogens is 2. The van der Waals surface area contributed by atoms with Crippen molar-refractivity contribution in [2.75, 3.05) is 41.8 Å². The van der Waals surface area contributed by atoms with Gasteiger partial charge in [0.25, 0.3) is 0 Å². The van der Waals surface area contributed by atoms with Crippen molar-refractivity contribution < 1.29 is 9.53 Å². The Bertz CT molecular complexity index is 1030. The highest BCUT2D eigenvalue weighted by molar-refractivity contribution is 6.00. The van der Waals surface area contributed by atoms with Crippen molar-refractivity contribution in [3.05, 3.63) is 65.7 Å². The quantitative estimate of drug-likeness (QED) is 0.681. The SMILES string of the molecule is Cc1ccc(NC(=O)Nc2cccc(-c3ccc(N4CCOCC4)nn3)c2)c(C)c1. The lowest BCUT2D eigenvalue weighted by molar-refractivity contribution is 0.122. The van der Waals surface area contributed by atoms with E-state index in [4.69, 9.17) is 4.74 Å². The Labute approximate surface area is 176 Å². The van der Waals surface area contributed by atoms with E-state index < -0.39 is 0 Å². The maximum atomic E-state index is 12.4. The van der Waals surface area contributed by atoms with Crippen LogP contribution in [0.3, 0.4) is 0 Å². The van der Waals surface area contributed by atoms with Crippen molar-refractivity contribution in [1.29, 1.82) is 0 Å². The van der Waals surface area contributed by atoms with Crippen molar-refractivity contribution in [3.63, 3.8) is 0 Å². The number of urea groups is 1. The number of nitrogens with zero attached hydrogens (tertiary/aromatic N) is 3. The van der Waals surface area contributed by atoms with Gasteiger partial charge in [0.1, 0.15) is 0 Å². The van der Waals surface area contributed by atoms with Gasteiger partial charge in [-0.15, -0.1) is 10.2 Å². The van der Waals surface area contributed by atoms with Crippen LogP contribution in [0.5, 0.6) is 0 Å². The van der Waals surface area contributed by atoms with E-state index in [0.29, 0.717) is 18.9 Å². The lowest BCUT2D eigenvalue weighted by Gasteiger charge is -2.27. The highest BCUT2D eigenvalue weighted by Gasteiger charge is 2.13. The smallest absolute Gasteiger partial charge is 0.323 e. The summed E-state index contributed by atoms with van der Waals surface area (Å²) < 4.78 is 5.38. The fourth-order valence-electron chi connectivity index (χ4n) is 3.44. The number of carbonyl (C=O) groups is 1. The number of anilines is 3. The van der Waals surface area contributed by atoms with Crippen molar-refractivity contribution in [1.82, 2.24) is 10.2 Å². The Hall–Kier alpha value is -3.45. The molecule has 4 rings (SSSR count). The van der Waals surface area contributed by atoms with E-state index in [9.17, 15) is 4.79 Å². The molecule has 0 bridgehead atoms. The van der Waals surface area contributed by atoms with E-state index in [1.54, 1.807) is 0 Å². The van der Waals surface area contributed by atoms with Crippen LogP contribution in [0, 0.1) is 13.8 Å². The van der Waals surface area contributed by atoms with Gasteiger partial charge in [-0.1, -0.05) is 29.8 Å². The van der Waals surface area contributed by atoms with Crippen LogP contribution in [-0.4, -0.2) is 42.5 Å². The lowest BCUT2D eigenvalue weighted by atomic mass is 10.1. The Morgan fingerprint density at radius 3 is 2.53 bits per heavy atom. The highest BCUT2D eigenvalue weighted by atomic mass is 16.5. The molecular weight excluding hydrogens is 378 g/mol. The summed E-state index contributed by atoms with van der Waals surface area (Å²) in [6.07, 6.45) is 0. The molecule has 2 aromatic carbocycles. The molecule has 0 radical (unpaired) electrons. The summed E-state index contributed by atoms with van der Waals surface area (Å²) in [4.78, 5) is 14.6. The van der Waals surface area contributed by atoms with Crippen LogP contribution in [-0.2, 0) is 4.74 Å². The number of rotatable bonds is 4. The molecule has 2 amide bonds. The molecule has 2 N–H and O–H groups in total.